The third kappa shape index (κ3) is 3.13. The Morgan fingerprint density at radius 2 is 2.44 bits per heavy atom. The van der Waals surface area contributed by atoms with E-state index in [1.165, 1.54) is 0 Å². The zero-order valence-corrected chi connectivity index (χ0v) is 10.2. The van der Waals surface area contributed by atoms with Gasteiger partial charge in [0.25, 0.3) is 0 Å². The molecule has 2 unspecified atom stereocenters. The molecule has 0 radical (unpaired) electrons. The zero-order chi connectivity index (χ0) is 12.1. The fraction of sp³-hybridized carbons (Fsp3) is 0.800. The van der Waals surface area contributed by atoms with Gasteiger partial charge in [-0.1, -0.05) is 19.1 Å². The van der Waals surface area contributed by atoms with Crippen molar-refractivity contribution in [3.63, 3.8) is 0 Å². The van der Waals surface area contributed by atoms with Crippen molar-refractivity contribution in [2.45, 2.75) is 19.4 Å². The maximum atomic E-state index is 12.1. The van der Waals surface area contributed by atoms with Gasteiger partial charge in [0.2, 0.25) is 5.91 Å². The molecule has 0 aromatic heterocycles. The standard InChI is InChI=1S/C10H18N2O3S/c1-2-8(9(11)16)10(14)12-3-4-15-7(5-12)6-13/h7-8,13H,2-6H2,1H3,(H2,11,16). The Hall–Kier alpha value is -0.720. The molecular formula is C10H18N2O3S. The normalized spacial score (nSPS) is 22.9. The van der Waals surface area contributed by atoms with Gasteiger partial charge in [0.15, 0.2) is 0 Å². The van der Waals surface area contributed by atoms with Gasteiger partial charge in [-0.25, -0.2) is 0 Å². The van der Waals surface area contributed by atoms with E-state index >= 15 is 0 Å². The van der Waals surface area contributed by atoms with Crippen LogP contribution in [0.25, 0.3) is 0 Å². The molecule has 6 heteroatoms. The third-order valence-corrected chi connectivity index (χ3v) is 2.99. The number of thiocarbonyl (C=S) groups is 1. The zero-order valence-electron chi connectivity index (χ0n) is 9.39. The Morgan fingerprint density at radius 1 is 1.75 bits per heavy atom. The van der Waals surface area contributed by atoms with Crippen molar-refractivity contribution in [2.24, 2.45) is 11.7 Å². The van der Waals surface area contributed by atoms with E-state index in [4.69, 9.17) is 27.8 Å². The lowest BCUT2D eigenvalue weighted by Crippen LogP contribution is -2.50. The SMILES string of the molecule is CCC(C(=O)N1CCOC(CO)C1)C(N)=S. The van der Waals surface area contributed by atoms with E-state index in [1.54, 1.807) is 4.90 Å². The highest BCUT2D eigenvalue weighted by molar-refractivity contribution is 7.80. The average molecular weight is 246 g/mol. The van der Waals surface area contributed by atoms with Crippen molar-refractivity contribution >= 4 is 23.1 Å². The van der Waals surface area contributed by atoms with E-state index in [0.717, 1.165) is 0 Å². The van der Waals surface area contributed by atoms with Crippen molar-refractivity contribution in [1.82, 2.24) is 4.90 Å². The first kappa shape index (κ1) is 13.3. The second-order valence-corrected chi connectivity index (χ2v) is 4.29. The van der Waals surface area contributed by atoms with Gasteiger partial charge >= 0.3 is 0 Å². The lowest BCUT2D eigenvalue weighted by molar-refractivity contribution is -0.142. The Balaban J connectivity index is 2.61. The molecule has 3 N–H and O–H groups in total. The summed E-state index contributed by atoms with van der Waals surface area (Å²) in [7, 11) is 0. The van der Waals surface area contributed by atoms with Crippen LogP contribution in [0.4, 0.5) is 0 Å². The number of aliphatic hydroxyl groups excluding tert-OH is 1. The Bertz CT molecular complexity index is 273. The number of rotatable bonds is 4. The van der Waals surface area contributed by atoms with Gasteiger partial charge in [-0.2, -0.15) is 0 Å². The van der Waals surface area contributed by atoms with Crippen LogP contribution in [-0.2, 0) is 9.53 Å². The van der Waals surface area contributed by atoms with Gasteiger partial charge in [-0.05, 0) is 6.42 Å². The van der Waals surface area contributed by atoms with E-state index in [9.17, 15) is 4.79 Å². The average Bonchev–Trinajstić information content (AvgIpc) is 2.29. The molecule has 0 aromatic carbocycles. The van der Waals surface area contributed by atoms with Crippen LogP contribution in [-0.4, -0.2) is 53.3 Å². The van der Waals surface area contributed by atoms with Gasteiger partial charge in [-0.15, -0.1) is 0 Å². The summed E-state index contributed by atoms with van der Waals surface area (Å²) < 4.78 is 5.27. The quantitative estimate of drug-likeness (QED) is 0.655. The van der Waals surface area contributed by atoms with Crippen LogP contribution in [0, 0.1) is 5.92 Å². The molecule has 0 bridgehead atoms. The molecule has 0 spiro atoms. The minimum atomic E-state index is -0.396. The summed E-state index contributed by atoms with van der Waals surface area (Å²) in [5, 5.41) is 8.98. The first-order valence-corrected chi connectivity index (χ1v) is 5.81. The maximum absolute atomic E-state index is 12.1. The molecule has 1 heterocycles. The number of carbonyl (C=O) groups is 1. The first-order chi connectivity index (χ1) is 7.60. The van der Waals surface area contributed by atoms with Crippen molar-refractivity contribution in [3.8, 4) is 0 Å². The summed E-state index contributed by atoms with van der Waals surface area (Å²) in [6.07, 6.45) is 0.316. The molecule has 16 heavy (non-hydrogen) atoms. The summed E-state index contributed by atoms with van der Waals surface area (Å²) in [4.78, 5) is 14.0. The van der Waals surface area contributed by atoms with Crippen LogP contribution in [0.15, 0.2) is 0 Å². The number of aliphatic hydroxyl groups is 1. The summed E-state index contributed by atoms with van der Waals surface area (Å²) in [6.45, 7) is 3.20. The molecular weight excluding hydrogens is 228 g/mol. The van der Waals surface area contributed by atoms with Crippen molar-refractivity contribution < 1.29 is 14.6 Å². The topological polar surface area (TPSA) is 75.8 Å². The van der Waals surface area contributed by atoms with Gasteiger partial charge in [0, 0.05) is 13.1 Å². The molecule has 0 saturated carbocycles. The Kier molecular flexibility index (Phi) is 5.11. The molecule has 0 aromatic rings. The predicted molar refractivity (Wildman–Crippen MR) is 64.0 cm³/mol. The lowest BCUT2D eigenvalue weighted by atomic mass is 10.0. The predicted octanol–water partition coefficient (Wildman–Crippen LogP) is -0.482. The molecule has 92 valence electrons. The molecule has 5 nitrogen and oxygen atoms in total. The fourth-order valence-electron chi connectivity index (χ4n) is 1.75. The minimum absolute atomic E-state index is 0.0586. The number of hydrogen-bond acceptors (Lipinski definition) is 4. The highest BCUT2D eigenvalue weighted by atomic mass is 32.1. The Labute approximate surface area is 101 Å². The molecule has 1 amide bonds. The highest BCUT2D eigenvalue weighted by Gasteiger charge is 2.29. The van der Waals surface area contributed by atoms with Crippen LogP contribution in [0.2, 0.25) is 0 Å². The van der Waals surface area contributed by atoms with Crippen molar-refractivity contribution in [1.29, 1.82) is 0 Å². The number of carbonyl (C=O) groups excluding carboxylic acids is 1. The van der Waals surface area contributed by atoms with Gasteiger partial charge in [0.05, 0.1) is 30.2 Å². The summed E-state index contributed by atoms with van der Waals surface area (Å²) >= 11 is 4.87. The second-order valence-electron chi connectivity index (χ2n) is 3.82. The molecule has 0 aliphatic carbocycles. The van der Waals surface area contributed by atoms with Crippen molar-refractivity contribution in [2.75, 3.05) is 26.3 Å². The fourth-order valence-corrected chi connectivity index (χ4v) is 2.02. The largest absolute Gasteiger partial charge is 0.394 e. The molecule has 2 atom stereocenters. The van der Waals surface area contributed by atoms with Gasteiger partial charge in [0.1, 0.15) is 0 Å². The third-order valence-electron chi connectivity index (χ3n) is 2.70. The number of hydrogen-bond donors (Lipinski definition) is 2. The van der Waals surface area contributed by atoms with E-state index in [1.807, 2.05) is 6.92 Å². The van der Waals surface area contributed by atoms with E-state index in [0.29, 0.717) is 26.1 Å². The van der Waals surface area contributed by atoms with Crippen LogP contribution in [0.5, 0.6) is 0 Å². The molecule has 1 aliphatic heterocycles. The van der Waals surface area contributed by atoms with Crippen LogP contribution < -0.4 is 5.73 Å². The number of nitrogens with two attached hydrogens (primary N) is 1. The second kappa shape index (κ2) is 6.12. The number of nitrogens with zero attached hydrogens (tertiary/aromatic N) is 1. The van der Waals surface area contributed by atoms with Crippen LogP contribution >= 0.6 is 12.2 Å². The van der Waals surface area contributed by atoms with E-state index < -0.39 is 5.92 Å². The summed E-state index contributed by atoms with van der Waals surface area (Å²) in [5.41, 5.74) is 5.53. The number of amides is 1. The van der Waals surface area contributed by atoms with Gasteiger partial charge < -0.3 is 20.5 Å². The van der Waals surface area contributed by atoms with Crippen LogP contribution in [0.1, 0.15) is 13.3 Å². The lowest BCUT2D eigenvalue weighted by Gasteiger charge is -2.34. The molecule has 1 rings (SSSR count). The Morgan fingerprint density at radius 3 is 2.94 bits per heavy atom. The molecule has 1 fully saturated rings. The molecule has 1 aliphatic rings. The first-order valence-electron chi connectivity index (χ1n) is 5.40. The van der Waals surface area contributed by atoms with E-state index in [-0.39, 0.29) is 23.6 Å². The van der Waals surface area contributed by atoms with E-state index in [2.05, 4.69) is 0 Å². The number of morpholine rings is 1. The number of ether oxygens (including phenoxy) is 1. The maximum Gasteiger partial charge on any atom is 0.232 e. The van der Waals surface area contributed by atoms with Crippen molar-refractivity contribution in [3.05, 3.63) is 0 Å². The highest BCUT2D eigenvalue weighted by Crippen LogP contribution is 2.12. The summed E-state index contributed by atoms with van der Waals surface area (Å²) in [5.74, 6) is -0.454. The smallest absolute Gasteiger partial charge is 0.232 e. The minimum Gasteiger partial charge on any atom is -0.394 e. The van der Waals surface area contributed by atoms with Gasteiger partial charge in [-0.3, -0.25) is 4.79 Å². The summed E-state index contributed by atoms with van der Waals surface area (Å²) in [6, 6.07) is 0. The molecule has 1 saturated heterocycles. The van der Waals surface area contributed by atoms with Crippen LogP contribution in [0.3, 0.4) is 0 Å². The monoisotopic (exact) mass is 246 g/mol.